The van der Waals surface area contributed by atoms with Crippen molar-refractivity contribution in [1.29, 1.82) is 0 Å². The number of aromatic nitrogens is 2. The van der Waals surface area contributed by atoms with E-state index in [1.807, 2.05) is 19.1 Å². The summed E-state index contributed by atoms with van der Waals surface area (Å²) >= 11 is 7.76. The van der Waals surface area contributed by atoms with Crippen molar-refractivity contribution in [3.05, 3.63) is 35.0 Å². The van der Waals surface area contributed by atoms with Gasteiger partial charge in [0.05, 0.1) is 22.1 Å². The molecule has 3 fully saturated rings. The lowest BCUT2D eigenvalue weighted by atomic mass is 9.96. The fourth-order valence-corrected chi connectivity index (χ4v) is 6.47. The minimum absolute atomic E-state index is 0.0234. The Morgan fingerprint density at radius 3 is 2.88 bits per heavy atom. The molecule has 0 bridgehead atoms. The summed E-state index contributed by atoms with van der Waals surface area (Å²) in [5, 5.41) is 10.7. The Hall–Kier alpha value is -2.36. The molecular weight excluding hydrogens is 476 g/mol. The van der Waals surface area contributed by atoms with Crippen LogP contribution in [0.2, 0.25) is 0 Å². The number of rotatable bonds is 6. The predicted octanol–water partition coefficient (Wildman–Crippen LogP) is 2.84. The van der Waals surface area contributed by atoms with E-state index in [1.54, 1.807) is 12.3 Å². The van der Waals surface area contributed by atoms with Crippen LogP contribution in [0.5, 0.6) is 0 Å². The molecule has 2 aliphatic heterocycles. The van der Waals surface area contributed by atoms with Gasteiger partial charge in [0.15, 0.2) is 5.78 Å². The van der Waals surface area contributed by atoms with Crippen LogP contribution in [0, 0.1) is 5.92 Å². The van der Waals surface area contributed by atoms with Gasteiger partial charge in [0.2, 0.25) is 5.91 Å². The van der Waals surface area contributed by atoms with Gasteiger partial charge in [-0.3, -0.25) is 14.4 Å². The summed E-state index contributed by atoms with van der Waals surface area (Å²) in [6.45, 7) is 2.24. The van der Waals surface area contributed by atoms with Crippen molar-refractivity contribution >= 4 is 40.5 Å². The zero-order valence-electron chi connectivity index (χ0n) is 18.9. The fourth-order valence-electron chi connectivity index (χ4n) is 5.22. The number of nitrogens with zero attached hydrogens (tertiary/aromatic N) is 3. The van der Waals surface area contributed by atoms with Crippen LogP contribution in [0.4, 0.5) is 0 Å². The van der Waals surface area contributed by atoms with Gasteiger partial charge < -0.3 is 15.0 Å². The van der Waals surface area contributed by atoms with Crippen molar-refractivity contribution in [2.75, 3.05) is 13.2 Å². The molecule has 5 rings (SSSR count). The Morgan fingerprint density at radius 2 is 2.12 bits per heavy atom. The number of ketones is 1. The number of aryl methyl sites for hydroxylation is 1. The minimum Gasteiger partial charge on any atom is -0.366 e. The molecule has 0 aromatic carbocycles. The normalized spacial score (nSPS) is 25.5. The minimum atomic E-state index is -0.689. The number of amides is 2. The first-order chi connectivity index (χ1) is 16.5. The second kappa shape index (κ2) is 9.71. The van der Waals surface area contributed by atoms with E-state index < -0.39 is 23.6 Å². The van der Waals surface area contributed by atoms with Crippen molar-refractivity contribution in [3.63, 3.8) is 0 Å². The van der Waals surface area contributed by atoms with Gasteiger partial charge in [-0.1, -0.05) is 19.8 Å². The molecule has 8 nitrogen and oxygen atoms in total. The molecule has 2 aromatic heterocycles. The van der Waals surface area contributed by atoms with Gasteiger partial charge in [-0.15, -0.1) is 22.9 Å². The molecule has 3 aliphatic rings. The van der Waals surface area contributed by atoms with Crippen molar-refractivity contribution in [2.45, 2.75) is 62.6 Å². The highest BCUT2D eigenvalue weighted by Gasteiger charge is 2.53. The topological polar surface area (TPSA) is 101 Å². The Kier molecular flexibility index (Phi) is 6.68. The molecule has 4 heterocycles. The smallest absolute Gasteiger partial charge is 0.262 e. The zero-order chi connectivity index (χ0) is 23.8. The number of alkyl halides is 1. The van der Waals surface area contributed by atoms with Crippen molar-refractivity contribution < 1.29 is 19.1 Å². The average molecular weight is 503 g/mol. The lowest BCUT2D eigenvalue weighted by Crippen LogP contribution is -2.54. The number of nitrogens with one attached hydrogen (secondary N) is 1. The lowest BCUT2D eigenvalue weighted by Gasteiger charge is -2.30. The maximum Gasteiger partial charge on any atom is 0.262 e. The van der Waals surface area contributed by atoms with Gasteiger partial charge in [-0.25, -0.2) is 0 Å². The molecule has 4 atom stereocenters. The molecular formula is C24H27ClN4O4S. The van der Waals surface area contributed by atoms with Gasteiger partial charge in [0.25, 0.3) is 5.91 Å². The second-order valence-corrected chi connectivity index (χ2v) is 10.8. The number of carbonyl (C=O) groups excluding carboxylic acids is 3. The van der Waals surface area contributed by atoms with E-state index in [4.69, 9.17) is 16.3 Å². The highest BCUT2D eigenvalue weighted by molar-refractivity contribution is 7.17. The van der Waals surface area contributed by atoms with Crippen molar-refractivity contribution in [2.24, 2.45) is 5.92 Å². The predicted molar refractivity (Wildman–Crippen MR) is 128 cm³/mol. The fraction of sp³-hybridized carbons (Fsp3) is 0.542. The molecule has 1 saturated carbocycles. The number of carbonyl (C=O) groups is 3. The van der Waals surface area contributed by atoms with Crippen molar-refractivity contribution in [1.82, 2.24) is 20.4 Å². The first kappa shape index (κ1) is 23.4. The van der Waals surface area contributed by atoms with Gasteiger partial charge in [-0.2, -0.15) is 10.2 Å². The van der Waals surface area contributed by atoms with Gasteiger partial charge in [0, 0.05) is 17.0 Å². The van der Waals surface area contributed by atoms with Crippen LogP contribution >= 0.6 is 22.9 Å². The number of Topliss-reactive ketones (excluding diaryl/α,β-unsaturated/α-hetero) is 1. The summed E-state index contributed by atoms with van der Waals surface area (Å²) in [4.78, 5) is 42.3. The third-order valence-corrected chi connectivity index (χ3v) is 8.53. The number of ether oxygens (including phenoxy) is 1. The quantitative estimate of drug-likeness (QED) is 0.609. The summed E-state index contributed by atoms with van der Waals surface area (Å²) in [5.41, 5.74) is 1.80. The Morgan fingerprint density at radius 1 is 1.32 bits per heavy atom. The van der Waals surface area contributed by atoms with E-state index in [2.05, 4.69) is 15.5 Å². The van der Waals surface area contributed by atoms with Crippen molar-refractivity contribution in [3.8, 4) is 10.4 Å². The molecule has 10 heteroatoms. The third-order valence-electron chi connectivity index (χ3n) is 7.01. The summed E-state index contributed by atoms with van der Waals surface area (Å²) in [7, 11) is 0. The van der Waals surface area contributed by atoms with E-state index in [0.717, 1.165) is 48.2 Å². The van der Waals surface area contributed by atoms with E-state index >= 15 is 0 Å². The number of fused-ring (bicyclic) bond motifs is 1. The number of thiophene rings is 1. The van der Waals surface area contributed by atoms with Crippen LogP contribution in [0.1, 0.15) is 48.0 Å². The zero-order valence-corrected chi connectivity index (χ0v) is 20.5. The van der Waals surface area contributed by atoms with E-state index in [-0.39, 0.29) is 36.7 Å². The molecule has 0 spiro atoms. The molecule has 2 amide bonds. The maximum atomic E-state index is 13.7. The maximum absolute atomic E-state index is 13.7. The molecule has 2 aromatic rings. The third kappa shape index (κ3) is 4.36. The van der Waals surface area contributed by atoms with E-state index in [0.29, 0.717) is 4.88 Å². The molecule has 34 heavy (non-hydrogen) atoms. The van der Waals surface area contributed by atoms with Crippen LogP contribution < -0.4 is 5.32 Å². The summed E-state index contributed by atoms with van der Waals surface area (Å²) in [5.74, 6) is -0.609. The SMILES string of the molecule is CCc1cc(-c2ccc(C(=O)NC(C(=O)N3CC(Cl)C4OCC(=O)C43)C3CCCC3)s2)cnn1. The van der Waals surface area contributed by atoms with Gasteiger partial charge in [0.1, 0.15) is 24.8 Å². The van der Waals surface area contributed by atoms with Gasteiger partial charge >= 0.3 is 0 Å². The van der Waals surface area contributed by atoms with Crippen LogP contribution in [0.25, 0.3) is 10.4 Å². The van der Waals surface area contributed by atoms with Crippen LogP contribution in [0.15, 0.2) is 24.4 Å². The summed E-state index contributed by atoms with van der Waals surface area (Å²) in [6, 6.07) is 4.28. The van der Waals surface area contributed by atoms with Crippen LogP contribution in [-0.2, 0) is 20.7 Å². The highest BCUT2D eigenvalue weighted by atomic mass is 35.5. The molecule has 4 unspecified atom stereocenters. The van der Waals surface area contributed by atoms with Crippen LogP contribution in [0.3, 0.4) is 0 Å². The summed E-state index contributed by atoms with van der Waals surface area (Å²) in [6.07, 6.45) is 5.77. The standard InChI is InChI=1S/C24H27ClN4O4S/c1-2-15-9-14(10-26-28-15)18-7-8-19(34-18)23(31)27-20(13-5-3-4-6-13)24(32)29-11-16(25)22-21(29)17(30)12-33-22/h7-10,13,16,20-22H,2-6,11-12H2,1H3,(H,27,31). The largest absolute Gasteiger partial charge is 0.366 e. The number of hydrogen-bond acceptors (Lipinski definition) is 7. The molecule has 1 aliphatic carbocycles. The first-order valence-corrected chi connectivity index (χ1v) is 13.0. The highest BCUT2D eigenvalue weighted by Crippen LogP contribution is 2.35. The Labute approximate surface area is 207 Å². The molecule has 180 valence electrons. The molecule has 1 N–H and O–H groups in total. The second-order valence-electron chi connectivity index (χ2n) is 9.14. The molecule has 2 saturated heterocycles. The van der Waals surface area contributed by atoms with Gasteiger partial charge in [-0.05, 0) is 43.4 Å². The number of hydrogen-bond donors (Lipinski definition) is 1. The Bertz CT molecular complexity index is 1100. The van der Waals surface area contributed by atoms with Crippen LogP contribution in [-0.4, -0.2) is 69.4 Å². The first-order valence-electron chi connectivity index (χ1n) is 11.8. The van der Waals surface area contributed by atoms with E-state index in [1.165, 1.54) is 16.2 Å². The molecule has 0 radical (unpaired) electrons. The summed E-state index contributed by atoms with van der Waals surface area (Å²) < 4.78 is 5.53. The monoisotopic (exact) mass is 502 g/mol. The average Bonchev–Trinajstić information content (AvgIpc) is 3.64. The number of likely N-dealkylation sites (tertiary alicyclic amines) is 1. The van der Waals surface area contributed by atoms with E-state index in [9.17, 15) is 14.4 Å². The lowest BCUT2D eigenvalue weighted by molar-refractivity contribution is -0.139. The number of halogens is 1. The Balaban J connectivity index is 1.35.